The van der Waals surface area contributed by atoms with Crippen molar-refractivity contribution in [1.82, 2.24) is 4.98 Å². The highest BCUT2D eigenvalue weighted by Crippen LogP contribution is 2.22. The molecule has 0 bridgehead atoms. The first-order valence-corrected chi connectivity index (χ1v) is 7.08. The fraction of sp³-hybridized carbons (Fsp3) is 0.385. The first kappa shape index (κ1) is 12.6. The van der Waals surface area contributed by atoms with Crippen LogP contribution in [0.3, 0.4) is 0 Å². The van der Waals surface area contributed by atoms with E-state index in [0.717, 1.165) is 31.2 Å². The molecule has 2 aromatic rings. The number of nitrogens with zero attached hydrogens (tertiary/aromatic N) is 1. The van der Waals surface area contributed by atoms with Gasteiger partial charge in [0.05, 0.1) is 15.2 Å². The quantitative estimate of drug-likeness (QED) is 0.635. The van der Waals surface area contributed by atoms with Crippen LogP contribution in [0.25, 0.3) is 10.2 Å². The smallest absolute Gasteiger partial charge is 0.185 e. The monoisotopic (exact) mass is 265 g/mol. The van der Waals surface area contributed by atoms with Crippen molar-refractivity contribution in [3.8, 4) is 0 Å². The maximum atomic E-state index is 10.6. The van der Waals surface area contributed by atoms with Crippen LogP contribution in [-0.2, 0) is 11.2 Å². The number of hydrogen-bond acceptors (Lipinski definition) is 3. The first-order chi connectivity index (χ1) is 8.25. The molecule has 0 radical (unpaired) electrons. The van der Waals surface area contributed by atoms with Gasteiger partial charge in [-0.3, -0.25) is 4.79 Å². The lowest BCUT2D eigenvalue weighted by Gasteiger charge is -1.96. The van der Waals surface area contributed by atoms with Gasteiger partial charge in [-0.25, -0.2) is 4.98 Å². The summed E-state index contributed by atoms with van der Waals surface area (Å²) in [5.74, 6) is 0. The van der Waals surface area contributed by atoms with E-state index in [-0.39, 0.29) is 5.12 Å². The number of aryl methyl sites for hydroxylation is 1. The Hall–Kier alpha value is -0.870. The second-order valence-electron chi connectivity index (χ2n) is 4.03. The molecule has 0 spiro atoms. The Kier molecular flexibility index (Phi) is 4.57. The molecule has 2 nitrogen and oxygen atoms in total. The van der Waals surface area contributed by atoms with Crippen LogP contribution < -0.4 is 0 Å². The van der Waals surface area contributed by atoms with E-state index in [2.05, 4.69) is 29.7 Å². The maximum Gasteiger partial charge on any atom is 0.185 e. The second kappa shape index (κ2) is 6.17. The molecular formula is C13H15NOS2. The lowest BCUT2D eigenvalue weighted by molar-refractivity contribution is -0.110. The molecule has 0 saturated heterocycles. The number of rotatable bonds is 6. The molecule has 0 unspecified atom stereocenters. The summed E-state index contributed by atoms with van der Waals surface area (Å²) in [7, 11) is 0. The Balaban J connectivity index is 1.81. The van der Waals surface area contributed by atoms with E-state index >= 15 is 0 Å². The Labute approximate surface area is 110 Å². The summed E-state index contributed by atoms with van der Waals surface area (Å²) in [6, 6.07) is 8.22. The fourth-order valence-corrected chi connectivity index (χ4v) is 2.92. The zero-order valence-electron chi connectivity index (χ0n) is 9.56. The van der Waals surface area contributed by atoms with Crippen LogP contribution in [0.15, 0.2) is 24.3 Å². The van der Waals surface area contributed by atoms with Gasteiger partial charge in [0.1, 0.15) is 0 Å². The van der Waals surface area contributed by atoms with E-state index < -0.39 is 0 Å². The van der Waals surface area contributed by atoms with Crippen molar-refractivity contribution in [2.75, 3.05) is 0 Å². The molecular weight excluding hydrogens is 250 g/mol. The molecule has 0 atom stereocenters. The van der Waals surface area contributed by atoms with Crippen molar-refractivity contribution in [3.63, 3.8) is 0 Å². The molecule has 2 rings (SSSR count). The van der Waals surface area contributed by atoms with Crippen LogP contribution in [0, 0.1) is 0 Å². The van der Waals surface area contributed by atoms with Crippen LogP contribution in [0.4, 0.5) is 0 Å². The Morgan fingerprint density at radius 1 is 1.24 bits per heavy atom. The minimum Gasteiger partial charge on any atom is -0.288 e. The fourth-order valence-electron chi connectivity index (χ4n) is 1.76. The second-order valence-corrected chi connectivity index (χ2v) is 5.64. The molecule has 0 aliphatic carbocycles. The normalized spacial score (nSPS) is 10.9. The van der Waals surface area contributed by atoms with Crippen molar-refractivity contribution >= 4 is 39.3 Å². The molecule has 0 N–H and O–H groups in total. The molecule has 90 valence electrons. The van der Waals surface area contributed by atoms with Crippen molar-refractivity contribution in [2.45, 2.75) is 32.1 Å². The Morgan fingerprint density at radius 2 is 2.06 bits per heavy atom. The zero-order chi connectivity index (χ0) is 12.1. The summed E-state index contributed by atoms with van der Waals surface area (Å²) in [4.78, 5) is 15.2. The average molecular weight is 265 g/mol. The standard InChI is InChI=1S/C13H15NOS2/c15-13(16)9-3-1-2-8-12-14-10-6-4-5-7-11(10)17-12/h4-7H,1-3,8-9H2,(H,15,16). The summed E-state index contributed by atoms with van der Waals surface area (Å²) in [6.07, 6.45) is 4.71. The van der Waals surface area contributed by atoms with E-state index in [1.165, 1.54) is 9.71 Å². The number of carbonyl (C=O) groups is 1. The van der Waals surface area contributed by atoms with E-state index in [9.17, 15) is 4.79 Å². The largest absolute Gasteiger partial charge is 0.288 e. The van der Waals surface area contributed by atoms with Crippen molar-refractivity contribution in [1.29, 1.82) is 0 Å². The van der Waals surface area contributed by atoms with E-state index in [1.54, 1.807) is 11.3 Å². The molecule has 1 heterocycles. The van der Waals surface area contributed by atoms with Gasteiger partial charge in [0, 0.05) is 6.42 Å². The van der Waals surface area contributed by atoms with Crippen molar-refractivity contribution in [2.24, 2.45) is 0 Å². The third-order valence-electron chi connectivity index (χ3n) is 2.62. The van der Waals surface area contributed by atoms with Gasteiger partial charge in [0.25, 0.3) is 0 Å². The molecule has 0 fully saturated rings. The van der Waals surface area contributed by atoms with E-state index in [4.69, 9.17) is 0 Å². The van der Waals surface area contributed by atoms with E-state index in [0.29, 0.717) is 6.42 Å². The maximum absolute atomic E-state index is 10.6. The van der Waals surface area contributed by atoms with Gasteiger partial charge in [-0.2, -0.15) is 0 Å². The number of unbranched alkanes of at least 4 members (excludes halogenated alkanes) is 2. The van der Waals surface area contributed by atoms with Crippen LogP contribution in [0.2, 0.25) is 0 Å². The molecule has 0 amide bonds. The predicted octanol–water partition coefficient (Wildman–Crippen LogP) is 3.86. The third-order valence-corrected chi connectivity index (χ3v) is 3.94. The summed E-state index contributed by atoms with van der Waals surface area (Å²) >= 11 is 5.52. The van der Waals surface area contributed by atoms with Crippen LogP contribution >= 0.6 is 24.0 Å². The van der Waals surface area contributed by atoms with Crippen LogP contribution in [0.1, 0.15) is 30.7 Å². The molecule has 4 heteroatoms. The number of benzene rings is 1. The molecule has 1 aromatic carbocycles. The third kappa shape index (κ3) is 3.82. The highest BCUT2D eigenvalue weighted by molar-refractivity contribution is 7.96. The summed E-state index contributed by atoms with van der Waals surface area (Å²) in [6.45, 7) is 0. The number of carbonyl (C=O) groups excluding carboxylic acids is 1. The first-order valence-electron chi connectivity index (χ1n) is 5.82. The average Bonchev–Trinajstić information content (AvgIpc) is 2.70. The highest BCUT2D eigenvalue weighted by Gasteiger charge is 2.02. The van der Waals surface area contributed by atoms with Gasteiger partial charge in [-0.15, -0.1) is 24.0 Å². The number of thiazole rings is 1. The van der Waals surface area contributed by atoms with E-state index in [1.807, 2.05) is 12.1 Å². The summed E-state index contributed by atoms with van der Waals surface area (Å²) in [5.41, 5.74) is 1.10. The highest BCUT2D eigenvalue weighted by atomic mass is 32.1. The Bertz CT molecular complexity index is 474. The van der Waals surface area contributed by atoms with Crippen LogP contribution in [0.5, 0.6) is 0 Å². The minimum atomic E-state index is -0.00927. The molecule has 0 aliphatic heterocycles. The van der Waals surface area contributed by atoms with Crippen molar-refractivity contribution < 1.29 is 4.79 Å². The van der Waals surface area contributed by atoms with Gasteiger partial charge in [0.2, 0.25) is 0 Å². The minimum absolute atomic E-state index is 0.00927. The van der Waals surface area contributed by atoms with Crippen LogP contribution in [-0.4, -0.2) is 10.1 Å². The molecule has 0 saturated carbocycles. The topological polar surface area (TPSA) is 30.0 Å². The van der Waals surface area contributed by atoms with Gasteiger partial charge in [-0.05, 0) is 31.4 Å². The van der Waals surface area contributed by atoms with Gasteiger partial charge in [0.15, 0.2) is 5.12 Å². The number of para-hydroxylation sites is 1. The van der Waals surface area contributed by atoms with Crippen molar-refractivity contribution in [3.05, 3.63) is 29.3 Å². The van der Waals surface area contributed by atoms with Gasteiger partial charge >= 0.3 is 0 Å². The SMILES string of the molecule is O=C(S)CCCCCc1nc2ccccc2s1. The lowest BCUT2D eigenvalue weighted by atomic mass is 10.1. The zero-order valence-corrected chi connectivity index (χ0v) is 11.3. The summed E-state index contributed by atoms with van der Waals surface area (Å²) < 4.78 is 1.26. The molecule has 17 heavy (non-hydrogen) atoms. The predicted molar refractivity (Wildman–Crippen MR) is 75.8 cm³/mol. The van der Waals surface area contributed by atoms with Gasteiger partial charge < -0.3 is 0 Å². The molecule has 0 aliphatic rings. The number of hydrogen-bond donors (Lipinski definition) is 1. The number of aromatic nitrogens is 1. The number of thiol groups is 1. The summed E-state index contributed by atoms with van der Waals surface area (Å²) in [5, 5.41) is 1.19. The Morgan fingerprint density at radius 3 is 2.82 bits per heavy atom. The molecule has 1 aromatic heterocycles. The lowest BCUT2D eigenvalue weighted by Crippen LogP contribution is -1.88. The van der Waals surface area contributed by atoms with Gasteiger partial charge in [-0.1, -0.05) is 18.6 Å². The number of fused-ring (bicyclic) bond motifs is 1.